The molecule has 1 fully saturated rings. The van der Waals surface area contributed by atoms with Crippen molar-refractivity contribution in [3.63, 3.8) is 0 Å². The Morgan fingerprint density at radius 1 is 1.41 bits per heavy atom. The van der Waals surface area contributed by atoms with E-state index in [1.165, 1.54) is 12.3 Å². The predicted molar refractivity (Wildman–Crippen MR) is 100 cm³/mol. The third-order valence-corrected chi connectivity index (χ3v) is 5.41. The van der Waals surface area contributed by atoms with Crippen LogP contribution in [0.1, 0.15) is 32.8 Å². The van der Waals surface area contributed by atoms with E-state index in [-0.39, 0.29) is 22.9 Å². The Morgan fingerprint density at radius 2 is 2.11 bits per heavy atom. The van der Waals surface area contributed by atoms with E-state index in [0.717, 1.165) is 13.5 Å². The summed E-state index contributed by atoms with van der Waals surface area (Å²) in [4.78, 5) is 17.7. The van der Waals surface area contributed by atoms with Crippen LogP contribution < -0.4 is 4.74 Å². The fourth-order valence-electron chi connectivity index (χ4n) is 2.58. The highest BCUT2D eigenvalue weighted by Crippen LogP contribution is 2.24. The Labute approximate surface area is 164 Å². The minimum Gasteiger partial charge on any atom is -0.492 e. The molecule has 0 spiro atoms. The summed E-state index contributed by atoms with van der Waals surface area (Å²) in [6.07, 6.45) is 1.90. The van der Waals surface area contributed by atoms with Gasteiger partial charge in [-0.05, 0) is 33.3 Å². The molecule has 1 aliphatic rings. The summed E-state index contributed by atoms with van der Waals surface area (Å²) in [5, 5.41) is 0.0833. The number of carbonyl (C=O) groups excluding carboxylic acids is 1. The van der Waals surface area contributed by atoms with Gasteiger partial charge < -0.3 is 14.4 Å². The van der Waals surface area contributed by atoms with Gasteiger partial charge in [0.05, 0.1) is 19.9 Å². The maximum Gasteiger partial charge on any atom is 0.410 e. The number of likely N-dealkylation sites (tertiary alicyclic amines) is 1. The van der Waals surface area contributed by atoms with Gasteiger partial charge >= 0.3 is 6.09 Å². The van der Waals surface area contributed by atoms with Gasteiger partial charge in [-0.2, -0.15) is 8.42 Å². The van der Waals surface area contributed by atoms with Crippen LogP contribution in [0.4, 0.5) is 4.79 Å². The lowest BCUT2D eigenvalue weighted by Gasteiger charge is -2.24. The van der Waals surface area contributed by atoms with E-state index < -0.39 is 15.7 Å². The van der Waals surface area contributed by atoms with Crippen LogP contribution in [0.5, 0.6) is 5.75 Å². The van der Waals surface area contributed by atoms with Crippen molar-refractivity contribution in [1.29, 1.82) is 0 Å². The average molecular weight is 421 g/mol. The minimum atomic E-state index is -3.71. The van der Waals surface area contributed by atoms with Crippen molar-refractivity contribution in [1.82, 2.24) is 9.88 Å². The third-order valence-electron chi connectivity index (χ3n) is 3.90. The van der Waals surface area contributed by atoms with Gasteiger partial charge in [0.2, 0.25) is 0 Å². The van der Waals surface area contributed by atoms with Crippen LogP contribution in [0.15, 0.2) is 12.3 Å². The molecule has 0 aliphatic carbocycles. The highest BCUT2D eigenvalue weighted by atomic mass is 35.5. The Hall–Kier alpha value is -1.58. The van der Waals surface area contributed by atoms with Crippen LogP contribution in [0.2, 0.25) is 5.15 Å². The average Bonchev–Trinajstić information content (AvgIpc) is 3.03. The second kappa shape index (κ2) is 8.62. The molecule has 0 saturated carbocycles. The van der Waals surface area contributed by atoms with Crippen LogP contribution in [0.3, 0.4) is 0 Å². The van der Waals surface area contributed by atoms with Crippen molar-refractivity contribution in [3.05, 3.63) is 23.0 Å². The predicted octanol–water partition coefficient (Wildman–Crippen LogP) is 2.85. The molecule has 0 N–H and O–H groups in total. The van der Waals surface area contributed by atoms with Crippen molar-refractivity contribution < 1.29 is 26.9 Å². The number of amides is 1. The molecule has 152 valence electrons. The molecule has 1 atom stereocenters. The van der Waals surface area contributed by atoms with Crippen molar-refractivity contribution in [2.24, 2.45) is 5.92 Å². The smallest absolute Gasteiger partial charge is 0.410 e. The molecule has 10 heteroatoms. The monoisotopic (exact) mass is 420 g/mol. The fraction of sp³-hybridized carbons (Fsp3) is 0.647. The van der Waals surface area contributed by atoms with Crippen LogP contribution in [0, 0.1) is 5.92 Å². The molecule has 1 aromatic rings. The molecule has 0 unspecified atom stereocenters. The molecule has 0 radical (unpaired) electrons. The first-order chi connectivity index (χ1) is 12.5. The van der Waals surface area contributed by atoms with Gasteiger partial charge in [0.15, 0.2) is 0 Å². The molecule has 1 amide bonds. The first kappa shape index (κ1) is 21.7. The number of pyridine rings is 1. The third kappa shape index (κ3) is 6.82. The van der Waals surface area contributed by atoms with Crippen molar-refractivity contribution in [2.45, 2.75) is 38.5 Å². The molecule has 27 heavy (non-hydrogen) atoms. The first-order valence-corrected chi connectivity index (χ1v) is 10.5. The van der Waals surface area contributed by atoms with Gasteiger partial charge in [0.1, 0.15) is 22.3 Å². The number of carbonyl (C=O) groups is 1. The Bertz CT molecular complexity index is 778. The highest BCUT2D eigenvalue weighted by Gasteiger charge is 2.30. The van der Waals surface area contributed by atoms with E-state index in [0.29, 0.717) is 31.0 Å². The Morgan fingerprint density at radius 3 is 2.74 bits per heavy atom. The highest BCUT2D eigenvalue weighted by molar-refractivity contribution is 7.85. The summed E-state index contributed by atoms with van der Waals surface area (Å²) < 4.78 is 38.7. The summed E-state index contributed by atoms with van der Waals surface area (Å²) in [6, 6.07) is 1.53. The zero-order valence-corrected chi connectivity index (χ0v) is 17.5. The maximum atomic E-state index is 12.1. The van der Waals surface area contributed by atoms with E-state index in [4.69, 9.17) is 21.1 Å². The number of hydrogen-bond donors (Lipinski definition) is 0. The SMILES string of the molecule is COS(=O)(=O)Cc1cc(OC[C@@H]2CCN(C(=O)OC(C)(C)C)C2)cnc1Cl. The number of halogens is 1. The summed E-state index contributed by atoms with van der Waals surface area (Å²) in [5.74, 6) is 0.179. The summed E-state index contributed by atoms with van der Waals surface area (Å²) >= 11 is 5.95. The number of aromatic nitrogens is 1. The molecule has 1 saturated heterocycles. The molecular formula is C17H25ClN2O6S. The molecule has 1 aliphatic heterocycles. The van der Waals surface area contributed by atoms with Crippen LogP contribution in [0.25, 0.3) is 0 Å². The summed E-state index contributed by atoms with van der Waals surface area (Å²) in [5.41, 5.74) is -0.225. The lowest BCUT2D eigenvalue weighted by molar-refractivity contribution is 0.0284. The number of nitrogens with zero attached hydrogens (tertiary/aromatic N) is 2. The molecule has 0 aromatic carbocycles. The maximum absolute atomic E-state index is 12.1. The topological polar surface area (TPSA) is 95.0 Å². The minimum absolute atomic E-state index is 0.0833. The van der Waals surface area contributed by atoms with Gasteiger partial charge in [-0.25, -0.2) is 9.78 Å². The number of rotatable bonds is 6. The standard InChI is InChI=1S/C17H25ClN2O6S/c1-17(2,3)26-16(21)20-6-5-12(9-20)10-25-14-7-13(15(18)19-8-14)11-27(22,23)24-4/h7-8,12H,5-6,9-11H2,1-4H3/t12-/m1/s1. The lowest BCUT2D eigenvalue weighted by atomic mass is 10.1. The number of ether oxygens (including phenoxy) is 2. The van der Waals surface area contributed by atoms with Crippen LogP contribution in [-0.2, 0) is 24.8 Å². The van der Waals surface area contributed by atoms with Crippen molar-refractivity contribution >= 4 is 27.8 Å². The first-order valence-electron chi connectivity index (χ1n) is 8.52. The normalized spacial score (nSPS) is 17.8. The van der Waals surface area contributed by atoms with Crippen LogP contribution >= 0.6 is 11.6 Å². The fourth-order valence-corrected chi connectivity index (χ4v) is 3.54. The molecule has 8 nitrogen and oxygen atoms in total. The molecular weight excluding hydrogens is 396 g/mol. The molecule has 2 rings (SSSR count). The van der Waals surface area contributed by atoms with Gasteiger partial charge in [-0.1, -0.05) is 11.6 Å². The zero-order chi connectivity index (χ0) is 20.2. The van der Waals surface area contributed by atoms with Crippen molar-refractivity contribution in [2.75, 3.05) is 26.8 Å². The summed E-state index contributed by atoms with van der Waals surface area (Å²) in [7, 11) is -2.62. The zero-order valence-electron chi connectivity index (χ0n) is 15.9. The van der Waals surface area contributed by atoms with E-state index >= 15 is 0 Å². The Balaban J connectivity index is 1.91. The summed E-state index contributed by atoms with van der Waals surface area (Å²) in [6.45, 7) is 7.02. The molecule has 2 heterocycles. The van der Waals surface area contributed by atoms with Gasteiger partial charge in [-0.3, -0.25) is 4.18 Å². The van der Waals surface area contributed by atoms with E-state index in [9.17, 15) is 13.2 Å². The number of hydrogen-bond acceptors (Lipinski definition) is 7. The van der Waals surface area contributed by atoms with E-state index in [1.54, 1.807) is 4.90 Å². The van der Waals surface area contributed by atoms with Gasteiger partial charge in [-0.15, -0.1) is 0 Å². The van der Waals surface area contributed by atoms with E-state index in [2.05, 4.69) is 9.17 Å². The Kier molecular flexibility index (Phi) is 6.93. The van der Waals surface area contributed by atoms with Gasteiger partial charge in [0.25, 0.3) is 10.1 Å². The van der Waals surface area contributed by atoms with Gasteiger partial charge in [0, 0.05) is 24.6 Å². The molecule has 0 bridgehead atoms. The largest absolute Gasteiger partial charge is 0.492 e. The lowest BCUT2D eigenvalue weighted by Crippen LogP contribution is -2.35. The second-order valence-corrected chi connectivity index (χ2v) is 9.48. The van der Waals surface area contributed by atoms with E-state index in [1.807, 2.05) is 20.8 Å². The quantitative estimate of drug-likeness (QED) is 0.515. The van der Waals surface area contributed by atoms with Crippen molar-refractivity contribution in [3.8, 4) is 5.75 Å². The molecule has 1 aromatic heterocycles. The van der Waals surface area contributed by atoms with Crippen LogP contribution in [-0.4, -0.2) is 56.8 Å². The second-order valence-electron chi connectivity index (χ2n) is 7.38.